The molecule has 2 aromatic rings. The Morgan fingerprint density at radius 1 is 1.05 bits per heavy atom. The quantitative estimate of drug-likeness (QED) is 0.217. The number of aromatic hydroxyl groups is 1. The second-order valence-corrected chi connectivity index (χ2v) is 10.5. The Kier molecular flexibility index (Phi) is 6.50. The lowest BCUT2D eigenvalue weighted by Crippen LogP contribution is -2.55. The zero-order chi connectivity index (χ0) is 29.4. The molecule has 0 bridgehead atoms. The number of phenols is 1. The van der Waals surface area contributed by atoms with Crippen molar-refractivity contribution >= 4 is 23.2 Å². The molecule has 7 N–H and O–H groups in total. The molecule has 0 aromatic heterocycles. The number of hydrogen-bond donors (Lipinski definition) is 5. The average Bonchev–Trinajstić information content (AvgIpc) is 2.86. The standard InChI is InChI=1S/C28H26F3N3O6/c1-34(2)22-14-4-10-3-13-12(9-6-15(29)21(31)16(30)7-9)5-11(8-32)23(35)18(13)24(36)17(10)25(37)19(14)26(38)20(27(22)39)28(33)40/h5-7,10,14,19,22,35-36,39H,3-4,8,32H2,1-2H3,(H2,33,40)/t10?,14?,19?,22-/m0/s1. The van der Waals surface area contributed by atoms with Crippen LogP contribution in [0.1, 0.15) is 23.1 Å². The minimum Gasteiger partial charge on any atom is -0.510 e. The SMILES string of the molecule is CN(C)[C@@H]1C(O)=C(C(N)=O)C(=O)C2C(=O)C3=C(O)c4c(O)c(CN)cc(-c5cc(F)c(F)c(F)c5)c4CC3CC21. The van der Waals surface area contributed by atoms with Crippen LogP contribution >= 0.6 is 0 Å². The first-order chi connectivity index (χ1) is 18.8. The number of rotatable bonds is 4. The average molecular weight is 558 g/mol. The van der Waals surface area contributed by atoms with E-state index >= 15 is 0 Å². The fraction of sp³-hybridized carbons (Fsp3) is 0.321. The maximum Gasteiger partial charge on any atom is 0.255 e. The molecular weight excluding hydrogens is 531 g/mol. The molecule has 40 heavy (non-hydrogen) atoms. The van der Waals surface area contributed by atoms with E-state index in [0.717, 1.165) is 12.1 Å². The van der Waals surface area contributed by atoms with Crippen molar-refractivity contribution in [1.29, 1.82) is 0 Å². The third kappa shape index (κ3) is 3.81. The van der Waals surface area contributed by atoms with Crippen LogP contribution in [0.4, 0.5) is 13.2 Å². The number of carbonyl (C=O) groups is 3. The molecule has 4 atom stereocenters. The third-order valence-corrected chi connectivity index (χ3v) is 8.16. The molecule has 0 heterocycles. The van der Waals surface area contributed by atoms with Gasteiger partial charge in [-0.15, -0.1) is 0 Å². The van der Waals surface area contributed by atoms with E-state index in [1.165, 1.54) is 6.07 Å². The number of benzene rings is 2. The van der Waals surface area contributed by atoms with Gasteiger partial charge < -0.3 is 26.8 Å². The highest BCUT2D eigenvalue weighted by molar-refractivity contribution is 6.28. The van der Waals surface area contributed by atoms with Crippen molar-refractivity contribution in [1.82, 2.24) is 4.90 Å². The summed E-state index contributed by atoms with van der Waals surface area (Å²) in [6.07, 6.45) is 0.0739. The first-order valence-corrected chi connectivity index (χ1v) is 12.4. The predicted octanol–water partition coefficient (Wildman–Crippen LogP) is 2.39. The first-order valence-electron chi connectivity index (χ1n) is 12.4. The number of allylic oxidation sites excluding steroid dienone is 1. The van der Waals surface area contributed by atoms with Gasteiger partial charge in [0.05, 0.1) is 17.5 Å². The van der Waals surface area contributed by atoms with Gasteiger partial charge in [0.15, 0.2) is 29.0 Å². The second kappa shape index (κ2) is 9.49. The van der Waals surface area contributed by atoms with Crippen LogP contribution in [-0.2, 0) is 27.3 Å². The van der Waals surface area contributed by atoms with E-state index in [2.05, 4.69) is 0 Å². The van der Waals surface area contributed by atoms with Crippen LogP contribution in [0.5, 0.6) is 5.75 Å². The van der Waals surface area contributed by atoms with Crippen LogP contribution in [-0.4, -0.2) is 57.8 Å². The van der Waals surface area contributed by atoms with E-state index in [1.54, 1.807) is 19.0 Å². The van der Waals surface area contributed by atoms with Gasteiger partial charge in [0.25, 0.3) is 5.91 Å². The number of amides is 1. The lowest BCUT2D eigenvalue weighted by molar-refractivity contribution is -0.136. The topological polar surface area (TPSA) is 167 Å². The molecule has 1 fully saturated rings. The fourth-order valence-corrected chi connectivity index (χ4v) is 6.51. The number of aliphatic hydroxyl groups excluding tert-OH is 2. The molecule has 0 spiro atoms. The smallest absolute Gasteiger partial charge is 0.255 e. The van der Waals surface area contributed by atoms with Gasteiger partial charge in [0, 0.05) is 17.7 Å². The van der Waals surface area contributed by atoms with Gasteiger partial charge >= 0.3 is 0 Å². The monoisotopic (exact) mass is 557 g/mol. The van der Waals surface area contributed by atoms with Crippen LogP contribution in [0.2, 0.25) is 0 Å². The van der Waals surface area contributed by atoms with Gasteiger partial charge in [-0.05, 0) is 73.7 Å². The zero-order valence-corrected chi connectivity index (χ0v) is 21.5. The summed E-state index contributed by atoms with van der Waals surface area (Å²) in [5.41, 5.74) is 10.5. The van der Waals surface area contributed by atoms with Gasteiger partial charge in [-0.2, -0.15) is 0 Å². The molecule has 2 aromatic carbocycles. The molecule has 1 saturated carbocycles. The van der Waals surface area contributed by atoms with Gasteiger partial charge in [0.2, 0.25) is 0 Å². The Labute approximate surface area is 226 Å². The molecule has 0 saturated heterocycles. The summed E-state index contributed by atoms with van der Waals surface area (Å²) in [5.74, 6) is -12.1. The summed E-state index contributed by atoms with van der Waals surface area (Å²) in [6, 6.07) is 2.01. The van der Waals surface area contributed by atoms with Crippen molar-refractivity contribution in [3.05, 3.63) is 69.2 Å². The molecule has 1 amide bonds. The number of carbonyl (C=O) groups excluding carboxylic acids is 3. The fourth-order valence-electron chi connectivity index (χ4n) is 6.51. The Hall–Kier alpha value is -4.16. The first kappa shape index (κ1) is 27.4. The number of halogens is 3. The van der Waals surface area contributed by atoms with Crippen molar-refractivity contribution < 1.29 is 42.9 Å². The summed E-state index contributed by atoms with van der Waals surface area (Å²) in [6.45, 7) is -0.252. The van der Waals surface area contributed by atoms with Gasteiger partial charge in [-0.25, -0.2) is 13.2 Å². The number of Topliss-reactive ketones (excluding diaryl/α,β-unsaturated/α-hetero) is 2. The normalized spacial score (nSPS) is 24.3. The molecular formula is C28H26F3N3O6. The van der Waals surface area contributed by atoms with E-state index in [4.69, 9.17) is 11.5 Å². The number of nitrogens with zero attached hydrogens (tertiary/aromatic N) is 1. The molecule has 0 radical (unpaired) electrons. The van der Waals surface area contributed by atoms with Crippen LogP contribution in [0, 0.1) is 35.2 Å². The number of likely N-dealkylation sites (N-methyl/N-ethyl adjacent to an activating group) is 1. The molecule has 5 rings (SSSR count). The van der Waals surface area contributed by atoms with Gasteiger partial charge in [0.1, 0.15) is 22.8 Å². The highest BCUT2D eigenvalue weighted by atomic mass is 19.2. The maximum absolute atomic E-state index is 14.2. The number of hydrogen-bond acceptors (Lipinski definition) is 8. The number of fused-ring (bicyclic) bond motifs is 3. The van der Waals surface area contributed by atoms with Crippen LogP contribution in [0.3, 0.4) is 0 Å². The Morgan fingerprint density at radius 3 is 2.23 bits per heavy atom. The summed E-state index contributed by atoms with van der Waals surface area (Å²) in [4.78, 5) is 40.8. The summed E-state index contributed by atoms with van der Waals surface area (Å²) >= 11 is 0. The highest BCUT2D eigenvalue weighted by Crippen LogP contribution is 2.52. The van der Waals surface area contributed by atoms with E-state index in [9.17, 15) is 42.9 Å². The van der Waals surface area contributed by atoms with Crippen LogP contribution in [0.25, 0.3) is 16.9 Å². The largest absolute Gasteiger partial charge is 0.510 e. The van der Waals surface area contributed by atoms with E-state index in [1.807, 2.05) is 0 Å². The van der Waals surface area contributed by atoms with Crippen molar-refractivity contribution in [2.75, 3.05) is 14.1 Å². The predicted molar refractivity (Wildman–Crippen MR) is 136 cm³/mol. The second-order valence-electron chi connectivity index (χ2n) is 10.5. The Balaban J connectivity index is 1.74. The molecule has 3 aliphatic rings. The summed E-state index contributed by atoms with van der Waals surface area (Å²) in [5, 5.41) is 33.2. The van der Waals surface area contributed by atoms with Crippen molar-refractivity contribution in [3.8, 4) is 16.9 Å². The van der Waals surface area contributed by atoms with Crippen molar-refractivity contribution in [3.63, 3.8) is 0 Å². The van der Waals surface area contributed by atoms with Crippen molar-refractivity contribution in [2.24, 2.45) is 29.2 Å². The molecule has 12 heteroatoms. The molecule has 9 nitrogen and oxygen atoms in total. The minimum atomic E-state index is -1.66. The zero-order valence-electron chi connectivity index (χ0n) is 21.5. The number of nitrogens with two attached hydrogens (primary N) is 2. The minimum absolute atomic E-state index is 0.0143. The lowest BCUT2D eigenvalue weighted by Gasteiger charge is -2.46. The van der Waals surface area contributed by atoms with Crippen LogP contribution < -0.4 is 11.5 Å². The van der Waals surface area contributed by atoms with Crippen molar-refractivity contribution in [2.45, 2.75) is 25.4 Å². The molecule has 210 valence electrons. The number of aliphatic hydroxyl groups is 2. The molecule has 0 aliphatic heterocycles. The van der Waals surface area contributed by atoms with Gasteiger partial charge in [-0.3, -0.25) is 19.3 Å². The molecule has 3 aliphatic carbocycles. The maximum atomic E-state index is 14.2. The third-order valence-electron chi connectivity index (χ3n) is 8.16. The summed E-state index contributed by atoms with van der Waals surface area (Å²) in [7, 11) is 3.19. The summed E-state index contributed by atoms with van der Waals surface area (Å²) < 4.78 is 42.1. The van der Waals surface area contributed by atoms with E-state index in [-0.39, 0.29) is 52.8 Å². The van der Waals surface area contributed by atoms with Crippen LogP contribution in [0.15, 0.2) is 35.1 Å². The number of ketones is 2. The van der Waals surface area contributed by atoms with Gasteiger partial charge in [-0.1, -0.05) is 0 Å². The molecule has 3 unspecified atom stereocenters. The van der Waals surface area contributed by atoms with E-state index in [0.29, 0.717) is 0 Å². The highest BCUT2D eigenvalue weighted by Gasteiger charge is 2.55. The lowest BCUT2D eigenvalue weighted by atomic mass is 9.59. The Bertz CT molecular complexity index is 1560. The number of phenolic OH excluding ortho intramolecular Hbond substituents is 1. The van der Waals surface area contributed by atoms with E-state index < -0.39 is 81.6 Å². The number of primary amides is 1. The Morgan fingerprint density at radius 2 is 1.68 bits per heavy atom.